The second-order valence-corrected chi connectivity index (χ2v) is 5.97. The Kier molecular flexibility index (Phi) is 4.09. The lowest BCUT2D eigenvalue weighted by Crippen LogP contribution is -2.24. The lowest BCUT2D eigenvalue weighted by atomic mass is 10.0. The number of rotatable bonds is 4. The fourth-order valence-electron chi connectivity index (χ4n) is 2.49. The van der Waals surface area contributed by atoms with E-state index in [1.54, 1.807) is 13.0 Å². The third kappa shape index (κ3) is 2.94. The van der Waals surface area contributed by atoms with Crippen molar-refractivity contribution >= 4 is 38.6 Å². The molecule has 118 valence electrons. The SMILES string of the molecule is Cc1[nH]c2ccccc2c1C(=O)[C@@H](C)OC(=O)c1ccc(Br)o1. The highest BCUT2D eigenvalue weighted by Gasteiger charge is 2.25. The van der Waals surface area contributed by atoms with Crippen LogP contribution in [0.15, 0.2) is 45.5 Å². The molecule has 1 N–H and O–H groups in total. The van der Waals surface area contributed by atoms with Crippen molar-refractivity contribution in [2.75, 3.05) is 0 Å². The van der Waals surface area contributed by atoms with Gasteiger partial charge in [-0.2, -0.15) is 0 Å². The van der Waals surface area contributed by atoms with Gasteiger partial charge in [-0.05, 0) is 48.0 Å². The lowest BCUT2D eigenvalue weighted by Gasteiger charge is -2.11. The Bertz CT molecular complexity index is 893. The van der Waals surface area contributed by atoms with Crippen molar-refractivity contribution in [1.82, 2.24) is 4.98 Å². The molecule has 5 nitrogen and oxygen atoms in total. The highest BCUT2D eigenvalue weighted by Crippen LogP contribution is 2.24. The Balaban J connectivity index is 1.84. The minimum absolute atomic E-state index is 0.0483. The minimum atomic E-state index is -0.913. The summed E-state index contributed by atoms with van der Waals surface area (Å²) in [5, 5.41) is 0.818. The molecule has 1 atom stereocenters. The number of hydrogen-bond donors (Lipinski definition) is 1. The van der Waals surface area contributed by atoms with Crippen LogP contribution in [0.4, 0.5) is 0 Å². The topological polar surface area (TPSA) is 72.3 Å². The number of ether oxygens (including phenoxy) is 1. The van der Waals surface area contributed by atoms with Gasteiger partial charge >= 0.3 is 5.97 Å². The van der Waals surface area contributed by atoms with Gasteiger partial charge in [0.05, 0.1) is 0 Å². The number of nitrogens with one attached hydrogen (secondary N) is 1. The summed E-state index contributed by atoms with van der Waals surface area (Å²) in [6.07, 6.45) is -0.913. The Morgan fingerprint density at radius 1 is 1.22 bits per heavy atom. The Labute approximate surface area is 140 Å². The third-order valence-corrected chi connectivity index (χ3v) is 3.99. The van der Waals surface area contributed by atoms with Gasteiger partial charge in [0.2, 0.25) is 11.5 Å². The number of aromatic amines is 1. The maximum atomic E-state index is 12.7. The first-order valence-corrected chi connectivity index (χ1v) is 7.84. The van der Waals surface area contributed by atoms with Gasteiger partial charge < -0.3 is 14.1 Å². The molecule has 0 amide bonds. The molecule has 23 heavy (non-hydrogen) atoms. The van der Waals surface area contributed by atoms with E-state index in [2.05, 4.69) is 20.9 Å². The third-order valence-electron chi connectivity index (χ3n) is 3.57. The first-order valence-electron chi connectivity index (χ1n) is 7.05. The van der Waals surface area contributed by atoms with Crippen LogP contribution in [-0.4, -0.2) is 22.8 Å². The van der Waals surface area contributed by atoms with E-state index in [0.717, 1.165) is 16.6 Å². The first kappa shape index (κ1) is 15.6. The van der Waals surface area contributed by atoms with Gasteiger partial charge in [-0.25, -0.2) is 4.79 Å². The van der Waals surface area contributed by atoms with Crippen LogP contribution >= 0.6 is 15.9 Å². The van der Waals surface area contributed by atoms with E-state index in [-0.39, 0.29) is 11.5 Å². The Morgan fingerprint density at radius 3 is 2.65 bits per heavy atom. The number of H-pyrrole nitrogens is 1. The monoisotopic (exact) mass is 375 g/mol. The molecule has 1 aromatic carbocycles. The molecule has 3 rings (SSSR count). The van der Waals surface area contributed by atoms with E-state index in [4.69, 9.17) is 9.15 Å². The fourth-order valence-corrected chi connectivity index (χ4v) is 2.80. The van der Waals surface area contributed by atoms with E-state index >= 15 is 0 Å². The van der Waals surface area contributed by atoms with Gasteiger partial charge in [-0.3, -0.25) is 4.79 Å². The molecule has 0 saturated carbocycles. The summed E-state index contributed by atoms with van der Waals surface area (Å²) in [6.45, 7) is 3.38. The molecule has 2 heterocycles. The molecule has 0 spiro atoms. The second-order valence-electron chi connectivity index (χ2n) is 5.19. The average Bonchev–Trinajstić information content (AvgIpc) is 3.09. The number of furan rings is 1. The zero-order valence-electron chi connectivity index (χ0n) is 12.6. The highest BCUT2D eigenvalue weighted by atomic mass is 79.9. The maximum Gasteiger partial charge on any atom is 0.374 e. The molecule has 0 aliphatic rings. The van der Waals surface area contributed by atoms with E-state index < -0.39 is 12.1 Å². The second kappa shape index (κ2) is 6.04. The normalized spacial score (nSPS) is 12.3. The summed E-state index contributed by atoms with van der Waals surface area (Å²) in [4.78, 5) is 27.8. The van der Waals surface area contributed by atoms with Gasteiger partial charge in [0.25, 0.3) is 0 Å². The van der Waals surface area contributed by atoms with Gasteiger partial charge in [0.15, 0.2) is 10.8 Å². The molecule has 0 aliphatic heterocycles. The van der Waals surface area contributed by atoms with E-state index in [1.807, 2.05) is 31.2 Å². The number of para-hydroxylation sites is 1. The molecule has 3 aromatic rings. The number of aromatic nitrogens is 1. The quantitative estimate of drug-likeness (QED) is 0.546. The van der Waals surface area contributed by atoms with E-state index in [1.165, 1.54) is 6.07 Å². The number of hydrogen-bond acceptors (Lipinski definition) is 4. The summed E-state index contributed by atoms with van der Waals surface area (Å²) in [7, 11) is 0. The van der Waals surface area contributed by atoms with E-state index in [0.29, 0.717) is 10.2 Å². The van der Waals surface area contributed by atoms with Gasteiger partial charge in [-0.1, -0.05) is 18.2 Å². The number of carbonyl (C=O) groups is 2. The van der Waals surface area contributed by atoms with Crippen molar-refractivity contribution in [3.05, 3.63) is 58.1 Å². The first-order chi connectivity index (χ1) is 11.0. The maximum absolute atomic E-state index is 12.7. The number of esters is 1. The smallest absolute Gasteiger partial charge is 0.374 e. The number of aryl methyl sites for hydroxylation is 1. The van der Waals surface area contributed by atoms with Crippen molar-refractivity contribution in [3.63, 3.8) is 0 Å². The van der Waals surface area contributed by atoms with Gasteiger partial charge in [-0.15, -0.1) is 0 Å². The zero-order chi connectivity index (χ0) is 16.6. The molecule has 0 unspecified atom stereocenters. The predicted octanol–water partition coefficient (Wildman–Crippen LogP) is 4.26. The Hall–Kier alpha value is -2.34. The number of halogens is 1. The number of ketones is 1. The molecule has 0 bridgehead atoms. The van der Waals surface area contributed by atoms with Crippen LogP contribution in [0.25, 0.3) is 10.9 Å². The van der Waals surface area contributed by atoms with Crippen LogP contribution in [0, 0.1) is 6.92 Å². The van der Waals surface area contributed by atoms with Crippen molar-refractivity contribution < 1.29 is 18.7 Å². The molecular weight excluding hydrogens is 362 g/mol. The van der Waals surface area contributed by atoms with Crippen LogP contribution in [0.3, 0.4) is 0 Å². The van der Waals surface area contributed by atoms with Gasteiger partial charge in [0, 0.05) is 22.2 Å². The molecule has 0 aliphatic carbocycles. The van der Waals surface area contributed by atoms with E-state index in [9.17, 15) is 9.59 Å². The van der Waals surface area contributed by atoms with Crippen LogP contribution in [-0.2, 0) is 4.74 Å². The number of benzene rings is 1. The number of Topliss-reactive ketones (excluding diaryl/α,β-unsaturated/α-hetero) is 1. The summed E-state index contributed by atoms with van der Waals surface area (Å²) < 4.78 is 10.8. The summed E-state index contributed by atoms with van der Waals surface area (Å²) in [5.74, 6) is -0.875. The molecule has 0 fully saturated rings. The van der Waals surface area contributed by atoms with Crippen molar-refractivity contribution in [2.45, 2.75) is 20.0 Å². The molecule has 6 heteroatoms. The fraction of sp³-hybridized carbons (Fsp3) is 0.176. The largest absolute Gasteiger partial charge is 0.448 e. The molecule has 2 aromatic heterocycles. The number of fused-ring (bicyclic) bond motifs is 1. The molecule has 0 saturated heterocycles. The molecular formula is C17H14BrNO4. The lowest BCUT2D eigenvalue weighted by molar-refractivity contribution is 0.0288. The predicted molar refractivity (Wildman–Crippen MR) is 88.7 cm³/mol. The Morgan fingerprint density at radius 2 is 1.96 bits per heavy atom. The molecule has 0 radical (unpaired) electrons. The zero-order valence-corrected chi connectivity index (χ0v) is 14.1. The van der Waals surface area contributed by atoms with Crippen LogP contribution < -0.4 is 0 Å². The van der Waals surface area contributed by atoms with Crippen LogP contribution in [0.2, 0.25) is 0 Å². The van der Waals surface area contributed by atoms with Crippen molar-refractivity contribution in [1.29, 1.82) is 0 Å². The highest BCUT2D eigenvalue weighted by molar-refractivity contribution is 9.10. The van der Waals surface area contributed by atoms with Gasteiger partial charge in [0.1, 0.15) is 0 Å². The van der Waals surface area contributed by atoms with Crippen LogP contribution in [0.5, 0.6) is 0 Å². The minimum Gasteiger partial charge on any atom is -0.448 e. The summed E-state index contributed by atoms with van der Waals surface area (Å²) >= 11 is 3.12. The van der Waals surface area contributed by atoms with Crippen LogP contribution in [0.1, 0.15) is 33.5 Å². The summed E-state index contributed by atoms with van der Waals surface area (Å²) in [5.41, 5.74) is 2.17. The van der Waals surface area contributed by atoms with Crippen molar-refractivity contribution in [3.8, 4) is 0 Å². The van der Waals surface area contributed by atoms with Crippen molar-refractivity contribution in [2.24, 2.45) is 0 Å². The average molecular weight is 376 g/mol. The number of carbonyl (C=O) groups excluding carboxylic acids is 2. The standard InChI is InChI=1S/C17H14BrNO4/c1-9-15(11-5-3-4-6-12(11)19-9)16(20)10(2)22-17(21)13-7-8-14(18)23-13/h3-8,10,19H,1-2H3/t10-/m1/s1. The summed E-state index contributed by atoms with van der Waals surface area (Å²) in [6, 6.07) is 10.6.